The van der Waals surface area contributed by atoms with Crippen molar-refractivity contribution in [3.63, 3.8) is 0 Å². The number of benzene rings is 3. The molecular formula is C30H24N4O. The van der Waals surface area contributed by atoms with E-state index in [2.05, 4.69) is 40.2 Å². The number of hydrogen-bond acceptors (Lipinski definition) is 4. The lowest BCUT2D eigenvalue weighted by Gasteiger charge is -2.09. The van der Waals surface area contributed by atoms with Gasteiger partial charge in [-0.05, 0) is 53.8 Å². The fourth-order valence-corrected chi connectivity index (χ4v) is 3.60. The second kappa shape index (κ2) is 10.5. The van der Waals surface area contributed by atoms with E-state index in [-0.39, 0.29) is 0 Å². The first kappa shape index (κ1) is 22.2. The van der Waals surface area contributed by atoms with Crippen molar-refractivity contribution < 1.29 is 4.84 Å². The lowest BCUT2D eigenvalue weighted by molar-refractivity contribution is 0.130. The third kappa shape index (κ3) is 6.05. The van der Waals surface area contributed by atoms with Crippen LogP contribution in [-0.2, 0) is 18.0 Å². The van der Waals surface area contributed by atoms with E-state index in [4.69, 9.17) is 10.1 Å². The van der Waals surface area contributed by atoms with E-state index in [9.17, 15) is 0 Å². The minimum absolute atomic E-state index is 0.367. The average Bonchev–Trinajstić information content (AvgIpc) is 3.61. The molecule has 1 heterocycles. The van der Waals surface area contributed by atoms with E-state index in [1.54, 1.807) is 12.5 Å². The maximum atomic E-state index is 8.97. The highest BCUT2D eigenvalue weighted by molar-refractivity contribution is 6.00. The molecule has 0 radical (unpaired) electrons. The fraction of sp³-hybridized carbons (Fsp3) is 0.167. The van der Waals surface area contributed by atoms with Crippen LogP contribution in [0.3, 0.4) is 0 Å². The zero-order chi connectivity index (χ0) is 23.9. The first-order valence-corrected chi connectivity index (χ1v) is 11.6. The average molecular weight is 457 g/mol. The summed E-state index contributed by atoms with van der Waals surface area (Å²) in [4.78, 5) is 9.90. The third-order valence-corrected chi connectivity index (χ3v) is 5.81. The van der Waals surface area contributed by atoms with Gasteiger partial charge in [-0.25, -0.2) is 4.98 Å². The van der Waals surface area contributed by atoms with Gasteiger partial charge in [0.2, 0.25) is 0 Å². The van der Waals surface area contributed by atoms with Crippen LogP contribution >= 0.6 is 0 Å². The summed E-state index contributed by atoms with van der Waals surface area (Å²) in [6.07, 6.45) is 7.88. The Hall–Kier alpha value is -4.61. The van der Waals surface area contributed by atoms with E-state index in [1.165, 1.54) is 12.8 Å². The minimum Gasteiger partial charge on any atom is -0.391 e. The molecule has 0 atom stereocenters. The summed E-state index contributed by atoms with van der Waals surface area (Å²) in [5, 5.41) is 13.4. The van der Waals surface area contributed by atoms with Crippen molar-refractivity contribution >= 4 is 5.71 Å². The van der Waals surface area contributed by atoms with Gasteiger partial charge in [0.05, 0.1) is 24.5 Å². The molecular weight excluding hydrogens is 432 g/mol. The molecule has 1 aromatic heterocycles. The Kier molecular flexibility index (Phi) is 6.69. The van der Waals surface area contributed by atoms with Gasteiger partial charge < -0.3 is 9.40 Å². The van der Waals surface area contributed by atoms with Crippen molar-refractivity contribution in [3.8, 4) is 29.0 Å². The quantitative estimate of drug-likeness (QED) is 0.200. The van der Waals surface area contributed by atoms with E-state index in [1.807, 2.05) is 71.4 Å². The molecule has 5 nitrogen and oxygen atoms in total. The molecule has 1 fully saturated rings. The van der Waals surface area contributed by atoms with E-state index >= 15 is 0 Å². The molecule has 0 aliphatic heterocycles. The van der Waals surface area contributed by atoms with Gasteiger partial charge in [0.1, 0.15) is 12.3 Å². The highest BCUT2D eigenvalue weighted by Gasteiger charge is 2.17. The predicted octanol–water partition coefficient (Wildman–Crippen LogP) is 5.80. The van der Waals surface area contributed by atoms with Crippen molar-refractivity contribution in [2.24, 2.45) is 11.1 Å². The Balaban J connectivity index is 1.27. The van der Waals surface area contributed by atoms with Gasteiger partial charge in [0.25, 0.3) is 0 Å². The first-order valence-electron chi connectivity index (χ1n) is 11.6. The molecule has 5 heteroatoms. The van der Waals surface area contributed by atoms with Crippen LogP contribution in [0.15, 0.2) is 96.7 Å². The zero-order valence-corrected chi connectivity index (χ0v) is 19.3. The number of rotatable bonds is 7. The van der Waals surface area contributed by atoms with E-state index in [0.717, 1.165) is 33.5 Å². The lowest BCUT2D eigenvalue weighted by Crippen LogP contribution is -2.11. The number of hydrogen-bond donors (Lipinski definition) is 0. The molecule has 0 bridgehead atoms. The summed E-state index contributed by atoms with van der Waals surface area (Å²) in [5.41, 5.74) is 6.68. The maximum Gasteiger partial charge on any atom is 0.142 e. The second-order valence-corrected chi connectivity index (χ2v) is 8.55. The summed E-state index contributed by atoms with van der Waals surface area (Å²) in [6, 6.07) is 26.1. The molecule has 0 unspecified atom stereocenters. The molecule has 0 N–H and O–H groups in total. The van der Waals surface area contributed by atoms with Gasteiger partial charge >= 0.3 is 0 Å². The maximum absolute atomic E-state index is 8.97. The molecule has 35 heavy (non-hydrogen) atoms. The van der Waals surface area contributed by atoms with Gasteiger partial charge in [0.15, 0.2) is 0 Å². The normalized spacial score (nSPS) is 12.9. The third-order valence-electron chi connectivity index (χ3n) is 5.81. The van der Waals surface area contributed by atoms with Crippen LogP contribution in [0.25, 0.3) is 11.1 Å². The van der Waals surface area contributed by atoms with Gasteiger partial charge in [-0.2, -0.15) is 5.26 Å². The van der Waals surface area contributed by atoms with Crippen LogP contribution in [0.1, 0.15) is 35.1 Å². The van der Waals surface area contributed by atoms with Gasteiger partial charge in [-0.1, -0.05) is 65.5 Å². The Morgan fingerprint density at radius 3 is 2.26 bits per heavy atom. The molecule has 3 aromatic carbocycles. The second-order valence-electron chi connectivity index (χ2n) is 8.55. The summed E-state index contributed by atoms with van der Waals surface area (Å²) in [7, 11) is 0. The molecule has 0 spiro atoms. The van der Waals surface area contributed by atoms with Gasteiger partial charge in [0, 0.05) is 29.4 Å². The molecule has 4 aromatic rings. The molecule has 1 aliphatic rings. The Morgan fingerprint density at radius 2 is 1.63 bits per heavy atom. The van der Waals surface area contributed by atoms with E-state index in [0.29, 0.717) is 24.6 Å². The van der Waals surface area contributed by atoms with Gasteiger partial charge in [-0.3, -0.25) is 0 Å². The van der Waals surface area contributed by atoms with Crippen LogP contribution in [0.5, 0.6) is 0 Å². The van der Waals surface area contributed by atoms with E-state index < -0.39 is 0 Å². The van der Waals surface area contributed by atoms with Gasteiger partial charge in [-0.15, -0.1) is 0 Å². The van der Waals surface area contributed by atoms with Crippen LogP contribution in [0.4, 0.5) is 0 Å². The molecule has 5 rings (SSSR count). The first-order chi connectivity index (χ1) is 17.3. The molecule has 0 saturated heterocycles. The SMILES string of the molecule is N#Cc1ccc(-c2ccc(CO/N=C(\Cn3ccnc3)c3ccc(C#CC4CC4)cc3)cc2)cc1. The zero-order valence-electron chi connectivity index (χ0n) is 19.3. The van der Waals surface area contributed by atoms with Crippen LogP contribution in [0, 0.1) is 29.1 Å². The van der Waals surface area contributed by atoms with Crippen molar-refractivity contribution in [2.45, 2.75) is 26.0 Å². The predicted molar refractivity (Wildman–Crippen MR) is 136 cm³/mol. The monoisotopic (exact) mass is 456 g/mol. The number of imidazole rings is 1. The van der Waals surface area contributed by atoms with Crippen molar-refractivity contribution in [2.75, 3.05) is 0 Å². The summed E-state index contributed by atoms with van der Waals surface area (Å²) >= 11 is 0. The molecule has 1 saturated carbocycles. The Morgan fingerprint density at radius 1 is 0.943 bits per heavy atom. The number of oxime groups is 1. The van der Waals surface area contributed by atoms with Crippen molar-refractivity contribution in [1.29, 1.82) is 5.26 Å². The highest BCUT2D eigenvalue weighted by atomic mass is 16.6. The largest absolute Gasteiger partial charge is 0.391 e. The number of aromatic nitrogens is 2. The molecule has 0 amide bonds. The fourth-order valence-electron chi connectivity index (χ4n) is 3.60. The Bertz CT molecular complexity index is 1400. The summed E-state index contributed by atoms with van der Waals surface area (Å²) in [5.74, 6) is 7.14. The highest BCUT2D eigenvalue weighted by Crippen LogP contribution is 2.27. The molecule has 170 valence electrons. The van der Waals surface area contributed by atoms with Crippen LogP contribution < -0.4 is 0 Å². The van der Waals surface area contributed by atoms with Crippen molar-refractivity contribution in [1.82, 2.24) is 9.55 Å². The number of nitriles is 1. The molecule has 1 aliphatic carbocycles. The minimum atomic E-state index is 0.367. The lowest BCUT2D eigenvalue weighted by atomic mass is 10.0. The number of nitrogens with zero attached hydrogens (tertiary/aromatic N) is 4. The van der Waals surface area contributed by atoms with Crippen LogP contribution in [-0.4, -0.2) is 15.3 Å². The smallest absolute Gasteiger partial charge is 0.142 e. The summed E-state index contributed by atoms with van der Waals surface area (Å²) in [6.45, 7) is 0.927. The standard InChI is InChI=1S/C30H24N4O/c31-19-25-7-11-27(12-8-25)28-13-9-26(10-14-28)21-35-33-30(20-34-18-17-32-22-34)29-15-5-24(6-16-29)4-3-23-1-2-23/h5-18,22-23H,1-2,20-21H2/b33-30+. The topological polar surface area (TPSA) is 63.2 Å². The summed E-state index contributed by atoms with van der Waals surface area (Å²) < 4.78 is 1.97. The Labute approximate surface area is 205 Å². The van der Waals surface area contributed by atoms with Crippen molar-refractivity contribution in [3.05, 3.63) is 114 Å². The van der Waals surface area contributed by atoms with Crippen LogP contribution in [0.2, 0.25) is 0 Å².